The molecular formula is C36H25B2N3. The molecule has 0 amide bonds. The molecule has 9 aromatic rings. The van der Waals surface area contributed by atoms with Gasteiger partial charge in [0, 0.05) is 44.1 Å². The third-order valence-electron chi connectivity index (χ3n) is 9.44. The van der Waals surface area contributed by atoms with Crippen LogP contribution < -0.4 is 0 Å². The van der Waals surface area contributed by atoms with Crippen LogP contribution in [0.5, 0.6) is 0 Å². The Morgan fingerprint density at radius 3 is 1.78 bits per heavy atom. The lowest BCUT2D eigenvalue weighted by molar-refractivity contribution is 0.358. The van der Waals surface area contributed by atoms with E-state index in [1.54, 1.807) is 0 Å². The van der Waals surface area contributed by atoms with Gasteiger partial charge in [-0.3, -0.25) is 4.98 Å². The summed E-state index contributed by atoms with van der Waals surface area (Å²) in [4.78, 5) is 4.80. The van der Waals surface area contributed by atoms with Gasteiger partial charge in [-0.15, -0.1) is 0 Å². The summed E-state index contributed by atoms with van der Waals surface area (Å²) < 4.78 is 4.96. The van der Waals surface area contributed by atoms with Crippen LogP contribution in [0.25, 0.3) is 76.7 Å². The zero-order valence-electron chi connectivity index (χ0n) is 23.2. The summed E-state index contributed by atoms with van der Waals surface area (Å²) in [6.07, 6.45) is 1.82. The molecule has 0 bridgehead atoms. The molecule has 41 heavy (non-hydrogen) atoms. The molecule has 0 fully saturated rings. The van der Waals surface area contributed by atoms with Gasteiger partial charge in [-0.2, -0.15) is 0 Å². The molecule has 0 atom stereocenters. The first-order valence-corrected chi connectivity index (χ1v) is 14.2. The molecule has 9 rings (SSSR count). The van der Waals surface area contributed by atoms with Crippen LogP contribution in [0.3, 0.4) is 0 Å². The van der Waals surface area contributed by atoms with Gasteiger partial charge in [-0.25, -0.2) is 0 Å². The van der Waals surface area contributed by atoms with Crippen molar-refractivity contribution in [2.24, 2.45) is 5.41 Å². The Balaban J connectivity index is 1.33. The highest BCUT2D eigenvalue weighted by Gasteiger charge is 2.33. The number of hydrogen-bond acceptors (Lipinski definition) is 1. The summed E-state index contributed by atoms with van der Waals surface area (Å²) in [7, 11) is 13.0. The number of benzene rings is 4. The van der Waals surface area contributed by atoms with Crippen LogP contribution in [-0.2, 0) is 5.21 Å². The Morgan fingerprint density at radius 2 is 1.15 bits per heavy atom. The van der Waals surface area contributed by atoms with E-state index in [4.69, 9.17) is 20.7 Å². The SMILES string of the molecule is [B]C([B])(c1ccc(-c2ccc3c(c2)c2cccc4c2n3c2c3cccc5c6ccccc6n(c53)c42)nc1)C(C)(C)C. The van der Waals surface area contributed by atoms with Crippen molar-refractivity contribution in [1.29, 1.82) is 0 Å². The highest BCUT2D eigenvalue weighted by Crippen LogP contribution is 2.46. The highest BCUT2D eigenvalue weighted by molar-refractivity contribution is 6.40. The molecule has 190 valence electrons. The van der Waals surface area contributed by atoms with Gasteiger partial charge in [-0.05, 0) is 35.2 Å². The van der Waals surface area contributed by atoms with Crippen molar-refractivity contribution in [3.8, 4) is 11.3 Å². The lowest BCUT2D eigenvalue weighted by atomic mass is 9.41. The van der Waals surface area contributed by atoms with Crippen molar-refractivity contribution in [2.45, 2.75) is 26.0 Å². The highest BCUT2D eigenvalue weighted by atomic mass is 15.0. The molecular weight excluding hydrogens is 496 g/mol. The maximum atomic E-state index is 6.52. The zero-order valence-corrected chi connectivity index (χ0v) is 23.2. The van der Waals surface area contributed by atoms with E-state index in [9.17, 15) is 0 Å². The van der Waals surface area contributed by atoms with Crippen molar-refractivity contribution in [1.82, 2.24) is 13.8 Å². The smallest absolute Gasteiger partial charge is 0.0804 e. The quantitative estimate of drug-likeness (QED) is 0.209. The minimum absolute atomic E-state index is 0.298. The van der Waals surface area contributed by atoms with Crippen molar-refractivity contribution < 1.29 is 0 Å². The van der Waals surface area contributed by atoms with Crippen LogP contribution >= 0.6 is 0 Å². The van der Waals surface area contributed by atoms with Gasteiger partial charge >= 0.3 is 0 Å². The van der Waals surface area contributed by atoms with Gasteiger partial charge < -0.3 is 8.80 Å². The van der Waals surface area contributed by atoms with E-state index >= 15 is 0 Å². The number of rotatable bonds is 2. The molecule has 5 aromatic heterocycles. The van der Waals surface area contributed by atoms with E-state index < -0.39 is 5.21 Å². The molecule has 0 N–H and O–H groups in total. The van der Waals surface area contributed by atoms with Crippen LogP contribution in [0.2, 0.25) is 0 Å². The van der Waals surface area contributed by atoms with E-state index in [1.807, 2.05) is 39.1 Å². The third-order valence-corrected chi connectivity index (χ3v) is 9.44. The molecule has 5 heterocycles. The fourth-order valence-corrected chi connectivity index (χ4v) is 7.04. The lowest BCUT2D eigenvalue weighted by Gasteiger charge is -2.40. The van der Waals surface area contributed by atoms with E-state index in [0.29, 0.717) is 0 Å². The topological polar surface area (TPSA) is 21.7 Å². The largest absolute Gasteiger partial charge is 0.306 e. The summed E-state index contributed by atoms with van der Waals surface area (Å²) in [6.45, 7) is 6.15. The molecule has 0 spiro atoms. The maximum absolute atomic E-state index is 6.52. The molecule has 4 aromatic carbocycles. The summed E-state index contributed by atoms with van der Waals surface area (Å²) in [5.74, 6) is 0. The summed E-state index contributed by atoms with van der Waals surface area (Å²) >= 11 is 0. The monoisotopic (exact) mass is 521 g/mol. The Morgan fingerprint density at radius 1 is 0.561 bits per heavy atom. The summed E-state index contributed by atoms with van der Waals surface area (Å²) in [5, 5.41) is 6.69. The van der Waals surface area contributed by atoms with Gasteiger partial charge in [0.2, 0.25) is 0 Å². The van der Waals surface area contributed by atoms with E-state index in [0.717, 1.165) is 16.8 Å². The van der Waals surface area contributed by atoms with Gasteiger partial charge in [0.1, 0.15) is 0 Å². The predicted octanol–water partition coefficient (Wildman–Crippen LogP) is 8.43. The number of pyridine rings is 1. The minimum atomic E-state index is -0.969. The van der Waals surface area contributed by atoms with Crippen LogP contribution in [0, 0.1) is 5.41 Å². The fraction of sp³-hybridized carbons (Fsp3) is 0.139. The normalized spacial score (nSPS) is 13.4. The number of aromatic nitrogens is 3. The number of para-hydroxylation sites is 3. The van der Waals surface area contributed by atoms with Crippen LogP contribution in [0.1, 0.15) is 26.3 Å². The molecule has 0 saturated carbocycles. The van der Waals surface area contributed by atoms with E-state index in [1.165, 1.54) is 65.4 Å². The van der Waals surface area contributed by atoms with Gasteiger partial charge in [0.25, 0.3) is 0 Å². The Labute approximate surface area is 239 Å². The second-order valence-electron chi connectivity index (χ2n) is 12.6. The summed E-state index contributed by atoms with van der Waals surface area (Å²) in [5.41, 5.74) is 10.1. The van der Waals surface area contributed by atoms with E-state index in [-0.39, 0.29) is 5.41 Å². The molecule has 0 unspecified atom stereocenters. The van der Waals surface area contributed by atoms with E-state index in [2.05, 4.69) is 87.7 Å². The molecule has 0 saturated heterocycles. The average molecular weight is 521 g/mol. The first-order valence-electron chi connectivity index (χ1n) is 14.2. The average Bonchev–Trinajstić information content (AvgIpc) is 3.69. The second kappa shape index (κ2) is 7.41. The number of hydrogen-bond donors (Lipinski definition) is 0. The molecule has 4 radical (unpaired) electrons. The molecule has 0 aliphatic heterocycles. The second-order valence-corrected chi connectivity index (χ2v) is 12.6. The lowest BCUT2D eigenvalue weighted by Crippen LogP contribution is -2.41. The predicted molar refractivity (Wildman–Crippen MR) is 174 cm³/mol. The zero-order chi connectivity index (χ0) is 27.8. The molecule has 0 aliphatic carbocycles. The minimum Gasteiger partial charge on any atom is -0.306 e. The van der Waals surface area contributed by atoms with Gasteiger partial charge in [0.15, 0.2) is 0 Å². The first-order chi connectivity index (χ1) is 19.8. The molecule has 5 heteroatoms. The molecule has 0 aliphatic rings. The maximum Gasteiger partial charge on any atom is 0.0804 e. The van der Waals surface area contributed by atoms with Gasteiger partial charge in [-0.1, -0.05) is 92.7 Å². The Bertz CT molecular complexity index is 2470. The van der Waals surface area contributed by atoms with Crippen molar-refractivity contribution >= 4 is 81.1 Å². The Kier molecular flexibility index (Phi) is 4.20. The first kappa shape index (κ1) is 23.2. The fourth-order valence-electron chi connectivity index (χ4n) is 7.04. The standard InChI is InChI=1S/C36H25B2N3/c1-35(2,3)36(37,38)21-15-16-28(39-19-21)20-14-17-30-27(18-20)24-10-7-12-26-32(24)41(30)34-25-11-6-9-23-22-8-4-5-13-29(22)40(31(23)25)33(26)34/h4-19H,1-3H3. The van der Waals surface area contributed by atoms with Crippen LogP contribution in [0.15, 0.2) is 97.2 Å². The molecule has 3 nitrogen and oxygen atoms in total. The number of fused-ring (bicyclic) bond motifs is 11. The third kappa shape index (κ3) is 2.74. The van der Waals surface area contributed by atoms with Crippen molar-refractivity contribution in [3.63, 3.8) is 0 Å². The van der Waals surface area contributed by atoms with Crippen molar-refractivity contribution in [3.05, 3.63) is 103 Å². The van der Waals surface area contributed by atoms with Gasteiger partial charge in [0.05, 0.1) is 54.5 Å². The number of nitrogens with zero attached hydrogens (tertiary/aromatic N) is 3. The van der Waals surface area contributed by atoms with Crippen LogP contribution in [-0.4, -0.2) is 29.5 Å². The summed E-state index contributed by atoms with van der Waals surface area (Å²) in [6, 6.07) is 32.9. The van der Waals surface area contributed by atoms with Crippen molar-refractivity contribution in [2.75, 3.05) is 0 Å². The van der Waals surface area contributed by atoms with Crippen LogP contribution in [0.4, 0.5) is 0 Å². The Hall–Kier alpha value is -4.50.